The minimum absolute atomic E-state index is 0.247. The number of rotatable bonds is 6. The zero-order valence-corrected chi connectivity index (χ0v) is 11.3. The predicted octanol–water partition coefficient (Wildman–Crippen LogP) is 4.26. The van der Waals surface area contributed by atoms with Gasteiger partial charge in [0.2, 0.25) is 0 Å². The summed E-state index contributed by atoms with van der Waals surface area (Å²) in [7, 11) is 0. The first kappa shape index (κ1) is 15.6. The molecule has 0 unspecified atom stereocenters. The fraction of sp³-hybridized carbons (Fsp3) is 0.500. The van der Waals surface area contributed by atoms with E-state index in [1.54, 1.807) is 13.1 Å². The molecule has 0 aliphatic carbocycles. The molecule has 0 aliphatic rings. The first-order chi connectivity index (χ1) is 8.08. The molecule has 0 aromatic heterocycles. The van der Waals surface area contributed by atoms with Crippen molar-refractivity contribution in [3.05, 3.63) is 35.3 Å². The average molecular weight is 238 g/mol. The van der Waals surface area contributed by atoms with Crippen molar-refractivity contribution in [3.63, 3.8) is 0 Å². The summed E-state index contributed by atoms with van der Waals surface area (Å²) in [4.78, 5) is 4.06. The van der Waals surface area contributed by atoms with Gasteiger partial charge in [0.25, 0.3) is 0 Å². The second kappa shape index (κ2) is 8.74. The van der Waals surface area contributed by atoms with E-state index in [2.05, 4.69) is 11.9 Å². The quantitative estimate of drug-likeness (QED) is 0.419. The standard InChI is InChI=1S/C14H23FN2/c1-5-8-10-17-14(16)13(12(15)7-3)11(4)9-6-2/h7-8,10H,5-6,9H2,1-4H3,(H2,16,17)/b10-8+,12-7+,13-11+. The normalized spacial score (nSPS) is 15.4. The third-order valence-electron chi connectivity index (χ3n) is 2.35. The molecule has 2 N–H and O–H groups in total. The molecule has 0 rings (SSSR count). The number of amidine groups is 1. The van der Waals surface area contributed by atoms with Crippen molar-refractivity contribution >= 4 is 5.84 Å². The molecule has 2 nitrogen and oxygen atoms in total. The molecule has 0 aliphatic heterocycles. The van der Waals surface area contributed by atoms with Gasteiger partial charge in [-0.3, -0.25) is 0 Å². The number of halogens is 1. The molecule has 96 valence electrons. The highest BCUT2D eigenvalue weighted by atomic mass is 19.1. The van der Waals surface area contributed by atoms with E-state index in [0.717, 1.165) is 24.8 Å². The van der Waals surface area contributed by atoms with Crippen LogP contribution in [0.15, 0.2) is 40.3 Å². The molecule has 0 heterocycles. The molecule has 0 aromatic rings. The van der Waals surface area contributed by atoms with Crippen LogP contribution < -0.4 is 5.73 Å². The molecule has 0 spiro atoms. The third kappa shape index (κ3) is 5.48. The van der Waals surface area contributed by atoms with Gasteiger partial charge in [0, 0.05) is 6.20 Å². The molecular weight excluding hydrogens is 215 g/mol. The average Bonchev–Trinajstić information content (AvgIpc) is 2.29. The van der Waals surface area contributed by atoms with Crippen LogP contribution in [0.2, 0.25) is 0 Å². The maximum atomic E-state index is 13.7. The minimum Gasteiger partial charge on any atom is -0.383 e. The lowest BCUT2D eigenvalue weighted by atomic mass is 10.0. The van der Waals surface area contributed by atoms with Crippen LogP contribution in [0, 0.1) is 0 Å². The first-order valence-electron chi connectivity index (χ1n) is 6.08. The van der Waals surface area contributed by atoms with Crippen LogP contribution >= 0.6 is 0 Å². The van der Waals surface area contributed by atoms with Crippen LogP contribution in [0.1, 0.15) is 47.0 Å². The van der Waals surface area contributed by atoms with Gasteiger partial charge in [-0.1, -0.05) is 38.0 Å². The summed E-state index contributed by atoms with van der Waals surface area (Å²) in [5, 5.41) is 0. The van der Waals surface area contributed by atoms with E-state index in [4.69, 9.17) is 5.73 Å². The maximum absolute atomic E-state index is 13.7. The van der Waals surface area contributed by atoms with Gasteiger partial charge in [0.15, 0.2) is 0 Å². The fourth-order valence-corrected chi connectivity index (χ4v) is 1.49. The first-order valence-corrected chi connectivity index (χ1v) is 6.08. The van der Waals surface area contributed by atoms with Gasteiger partial charge in [-0.25, -0.2) is 9.38 Å². The molecular formula is C14H23FN2. The van der Waals surface area contributed by atoms with E-state index in [1.807, 2.05) is 19.9 Å². The second-order valence-corrected chi connectivity index (χ2v) is 3.85. The summed E-state index contributed by atoms with van der Waals surface area (Å²) < 4.78 is 13.7. The Morgan fingerprint density at radius 3 is 2.47 bits per heavy atom. The topological polar surface area (TPSA) is 38.4 Å². The molecule has 0 bridgehead atoms. The molecule has 17 heavy (non-hydrogen) atoms. The van der Waals surface area contributed by atoms with E-state index < -0.39 is 0 Å². The number of aliphatic imine (C=N–C) groups is 1. The molecule has 0 saturated carbocycles. The lowest BCUT2D eigenvalue weighted by Crippen LogP contribution is -2.16. The van der Waals surface area contributed by atoms with E-state index in [1.165, 1.54) is 6.08 Å². The van der Waals surface area contributed by atoms with Crippen LogP contribution in [-0.4, -0.2) is 5.84 Å². The minimum atomic E-state index is -0.304. The molecule has 0 radical (unpaired) electrons. The third-order valence-corrected chi connectivity index (χ3v) is 2.35. The van der Waals surface area contributed by atoms with Gasteiger partial charge in [0.1, 0.15) is 11.7 Å². The largest absolute Gasteiger partial charge is 0.383 e. The molecule has 0 saturated heterocycles. The number of allylic oxidation sites excluding steroid dienone is 3. The van der Waals surface area contributed by atoms with Gasteiger partial charge in [-0.2, -0.15) is 0 Å². The number of hydrogen-bond donors (Lipinski definition) is 1. The number of nitrogens with zero attached hydrogens (tertiary/aromatic N) is 1. The molecule has 3 heteroatoms. The summed E-state index contributed by atoms with van der Waals surface area (Å²) in [6.45, 7) is 7.62. The fourth-order valence-electron chi connectivity index (χ4n) is 1.49. The Morgan fingerprint density at radius 2 is 2.00 bits per heavy atom. The van der Waals surface area contributed by atoms with Gasteiger partial charge >= 0.3 is 0 Å². The molecule has 0 atom stereocenters. The smallest absolute Gasteiger partial charge is 0.133 e. The van der Waals surface area contributed by atoms with Gasteiger partial charge in [-0.05, 0) is 26.7 Å². The maximum Gasteiger partial charge on any atom is 0.133 e. The van der Waals surface area contributed by atoms with Crippen molar-refractivity contribution in [2.75, 3.05) is 0 Å². The van der Waals surface area contributed by atoms with Crippen LogP contribution in [0.25, 0.3) is 0 Å². The summed E-state index contributed by atoms with van der Waals surface area (Å²) >= 11 is 0. The van der Waals surface area contributed by atoms with Crippen molar-refractivity contribution in [2.45, 2.75) is 47.0 Å². The summed E-state index contributed by atoms with van der Waals surface area (Å²) in [5.74, 6) is -0.0571. The highest BCUT2D eigenvalue weighted by Gasteiger charge is 2.11. The molecule has 0 fully saturated rings. The van der Waals surface area contributed by atoms with Crippen molar-refractivity contribution in [1.29, 1.82) is 0 Å². The predicted molar refractivity (Wildman–Crippen MR) is 73.5 cm³/mol. The summed E-state index contributed by atoms with van der Waals surface area (Å²) in [6, 6.07) is 0. The van der Waals surface area contributed by atoms with Crippen molar-refractivity contribution in [1.82, 2.24) is 0 Å². The Balaban J connectivity index is 5.27. The molecule has 0 amide bonds. The van der Waals surface area contributed by atoms with Crippen LogP contribution in [0.4, 0.5) is 4.39 Å². The van der Waals surface area contributed by atoms with Gasteiger partial charge in [-0.15, -0.1) is 0 Å². The van der Waals surface area contributed by atoms with Crippen molar-refractivity contribution in [3.8, 4) is 0 Å². The zero-order chi connectivity index (χ0) is 13.3. The monoisotopic (exact) mass is 238 g/mol. The zero-order valence-electron chi connectivity index (χ0n) is 11.3. The van der Waals surface area contributed by atoms with Crippen LogP contribution in [-0.2, 0) is 0 Å². The van der Waals surface area contributed by atoms with Gasteiger partial charge < -0.3 is 5.73 Å². The summed E-state index contributed by atoms with van der Waals surface area (Å²) in [5.41, 5.74) is 7.21. The highest BCUT2D eigenvalue weighted by molar-refractivity contribution is 6.01. The van der Waals surface area contributed by atoms with Crippen LogP contribution in [0.5, 0.6) is 0 Å². The van der Waals surface area contributed by atoms with Gasteiger partial charge in [0.05, 0.1) is 5.57 Å². The van der Waals surface area contributed by atoms with E-state index in [-0.39, 0.29) is 11.7 Å². The number of hydrogen-bond acceptors (Lipinski definition) is 1. The number of nitrogens with two attached hydrogens (primary N) is 1. The van der Waals surface area contributed by atoms with Crippen LogP contribution in [0.3, 0.4) is 0 Å². The lowest BCUT2D eigenvalue weighted by Gasteiger charge is -2.09. The van der Waals surface area contributed by atoms with Crippen molar-refractivity contribution in [2.24, 2.45) is 10.7 Å². The van der Waals surface area contributed by atoms with E-state index in [9.17, 15) is 4.39 Å². The Hall–Kier alpha value is -1.38. The van der Waals surface area contributed by atoms with E-state index in [0.29, 0.717) is 5.57 Å². The Kier molecular flexibility index (Phi) is 8.03. The SMILES string of the molecule is C\C=C(F)/C(C(/N)=N/C=C/CC)=C(/C)CCC. The Labute approximate surface area is 104 Å². The Morgan fingerprint density at radius 1 is 1.35 bits per heavy atom. The highest BCUT2D eigenvalue weighted by Crippen LogP contribution is 2.20. The Bertz CT molecular complexity index is 349. The lowest BCUT2D eigenvalue weighted by molar-refractivity contribution is 0.653. The van der Waals surface area contributed by atoms with Crippen molar-refractivity contribution < 1.29 is 4.39 Å². The summed E-state index contributed by atoms with van der Waals surface area (Å²) in [6.07, 6.45) is 7.59. The molecule has 0 aromatic carbocycles. The second-order valence-electron chi connectivity index (χ2n) is 3.85. The van der Waals surface area contributed by atoms with E-state index >= 15 is 0 Å².